The molecule has 0 aliphatic rings. The summed E-state index contributed by atoms with van der Waals surface area (Å²) in [6.07, 6.45) is 4.54. The Morgan fingerprint density at radius 1 is 1.24 bits per heavy atom. The Morgan fingerprint density at radius 2 is 2.10 bits per heavy atom. The van der Waals surface area contributed by atoms with Crippen LogP contribution in [0.2, 0.25) is 5.02 Å². The van der Waals surface area contributed by atoms with Crippen molar-refractivity contribution in [2.45, 2.75) is 6.92 Å². The van der Waals surface area contributed by atoms with Gasteiger partial charge in [0.1, 0.15) is 12.4 Å². The maximum atomic E-state index is 11.8. The number of carbonyl (C=O) groups is 2. The Bertz CT molecular complexity index is 1030. The Hall–Kier alpha value is -3.03. The quantitative estimate of drug-likeness (QED) is 0.330. The number of ketones is 1. The number of hydrogen-bond donors (Lipinski definition) is 1. The van der Waals surface area contributed by atoms with Gasteiger partial charge in [0.05, 0.1) is 22.1 Å². The number of nitrogens with one attached hydrogen (secondary N) is 1. The first kappa shape index (κ1) is 20.7. The molecule has 0 aliphatic carbocycles. The van der Waals surface area contributed by atoms with Gasteiger partial charge in [-0.3, -0.25) is 9.59 Å². The zero-order valence-electron chi connectivity index (χ0n) is 15.6. The first-order chi connectivity index (χ1) is 14.0. The van der Waals surface area contributed by atoms with E-state index in [0.717, 1.165) is 10.4 Å². The molecule has 2 aromatic heterocycles. The normalized spacial score (nSPS) is 10.8. The lowest BCUT2D eigenvalue weighted by molar-refractivity contribution is -0.116. The van der Waals surface area contributed by atoms with Crippen LogP contribution in [0.1, 0.15) is 22.3 Å². The van der Waals surface area contributed by atoms with Gasteiger partial charge in [0.15, 0.2) is 5.78 Å². The molecule has 2 heterocycles. The summed E-state index contributed by atoms with van der Waals surface area (Å²) in [7, 11) is 0. The molecule has 0 radical (unpaired) electrons. The van der Waals surface area contributed by atoms with Gasteiger partial charge in [0.25, 0.3) is 0 Å². The van der Waals surface area contributed by atoms with Crippen molar-refractivity contribution in [3.05, 3.63) is 70.3 Å². The average molecular weight is 428 g/mol. The first-order valence-electron chi connectivity index (χ1n) is 8.80. The molecular weight excluding hydrogens is 410 g/mol. The van der Waals surface area contributed by atoms with E-state index in [1.165, 1.54) is 17.4 Å². The lowest BCUT2D eigenvalue weighted by Crippen LogP contribution is -2.26. The molecule has 3 aromatic rings. The molecule has 1 amide bonds. The fourth-order valence-corrected chi connectivity index (χ4v) is 3.54. The molecule has 0 unspecified atom stereocenters. The molecule has 3 rings (SSSR count). The number of benzene rings is 1. The Balaban J connectivity index is 1.48. The van der Waals surface area contributed by atoms with Crippen molar-refractivity contribution < 1.29 is 14.3 Å². The summed E-state index contributed by atoms with van der Waals surface area (Å²) < 4.78 is 5.64. The molecule has 0 aliphatic heterocycles. The second kappa shape index (κ2) is 9.95. The van der Waals surface area contributed by atoms with Gasteiger partial charge < -0.3 is 10.1 Å². The SMILES string of the molecule is CC(=O)c1ccc(-c2ccc(OCCNC(=O)C=Cc3cccnn3)c(Cl)c2)s1. The van der Waals surface area contributed by atoms with Crippen LogP contribution >= 0.6 is 22.9 Å². The molecule has 148 valence electrons. The van der Waals surface area contributed by atoms with E-state index >= 15 is 0 Å². The van der Waals surface area contributed by atoms with Gasteiger partial charge in [-0.25, -0.2) is 0 Å². The molecule has 8 heteroatoms. The fourth-order valence-electron chi connectivity index (χ4n) is 2.41. The van der Waals surface area contributed by atoms with Crippen LogP contribution in [0.25, 0.3) is 16.5 Å². The van der Waals surface area contributed by atoms with Crippen molar-refractivity contribution >= 4 is 40.7 Å². The minimum Gasteiger partial charge on any atom is -0.490 e. The van der Waals surface area contributed by atoms with Gasteiger partial charge in [-0.15, -0.1) is 11.3 Å². The van der Waals surface area contributed by atoms with E-state index < -0.39 is 0 Å². The summed E-state index contributed by atoms with van der Waals surface area (Å²) >= 11 is 7.73. The number of hydrogen-bond acceptors (Lipinski definition) is 6. The number of aromatic nitrogens is 2. The average Bonchev–Trinajstić information content (AvgIpc) is 3.22. The van der Waals surface area contributed by atoms with Crippen LogP contribution in [-0.2, 0) is 4.79 Å². The minimum absolute atomic E-state index is 0.0425. The molecule has 0 atom stereocenters. The second-order valence-electron chi connectivity index (χ2n) is 5.99. The number of ether oxygens (including phenoxy) is 1. The lowest BCUT2D eigenvalue weighted by Gasteiger charge is -2.09. The van der Waals surface area contributed by atoms with Crippen LogP contribution in [0.3, 0.4) is 0 Å². The summed E-state index contributed by atoms with van der Waals surface area (Å²) in [6, 6.07) is 12.7. The minimum atomic E-state index is -0.250. The number of thiophene rings is 1. The fraction of sp³-hybridized carbons (Fsp3) is 0.143. The third kappa shape index (κ3) is 5.97. The van der Waals surface area contributed by atoms with Gasteiger partial charge >= 0.3 is 0 Å². The number of amides is 1. The summed E-state index contributed by atoms with van der Waals surface area (Å²) in [5.74, 6) is 0.323. The summed E-state index contributed by atoms with van der Waals surface area (Å²) in [5, 5.41) is 10.8. The molecule has 6 nitrogen and oxygen atoms in total. The van der Waals surface area contributed by atoms with Gasteiger partial charge in [-0.1, -0.05) is 11.6 Å². The first-order valence-corrected chi connectivity index (χ1v) is 9.99. The van der Waals surface area contributed by atoms with Crippen LogP contribution < -0.4 is 10.1 Å². The Labute approximate surface area is 177 Å². The molecule has 0 saturated heterocycles. The third-order valence-corrected chi connectivity index (χ3v) is 5.36. The number of halogens is 1. The zero-order valence-corrected chi connectivity index (χ0v) is 17.2. The number of nitrogens with zero attached hydrogens (tertiary/aromatic N) is 2. The number of rotatable bonds is 8. The van der Waals surface area contributed by atoms with Gasteiger partial charge in [-0.2, -0.15) is 10.2 Å². The van der Waals surface area contributed by atoms with E-state index in [9.17, 15) is 9.59 Å². The van der Waals surface area contributed by atoms with E-state index in [2.05, 4.69) is 15.5 Å². The highest BCUT2D eigenvalue weighted by Crippen LogP contribution is 2.34. The highest BCUT2D eigenvalue weighted by atomic mass is 35.5. The third-order valence-electron chi connectivity index (χ3n) is 3.83. The van der Waals surface area contributed by atoms with Crippen LogP contribution in [-0.4, -0.2) is 35.0 Å². The Kier molecular flexibility index (Phi) is 7.10. The highest BCUT2D eigenvalue weighted by molar-refractivity contribution is 7.17. The lowest BCUT2D eigenvalue weighted by atomic mass is 10.2. The van der Waals surface area contributed by atoms with Crippen molar-refractivity contribution in [3.63, 3.8) is 0 Å². The van der Waals surface area contributed by atoms with E-state index in [0.29, 0.717) is 27.9 Å². The molecule has 0 saturated carbocycles. The van der Waals surface area contributed by atoms with Gasteiger partial charge in [-0.05, 0) is 61.0 Å². The standard InChI is InChI=1S/C21H18ClN3O3S/c1-14(26)19-7-8-20(29-19)15-4-6-18(17(22)13-15)28-12-11-23-21(27)9-5-16-3-2-10-24-25-16/h2-10,13H,11-12H2,1H3,(H,23,27). The van der Waals surface area contributed by atoms with Crippen molar-refractivity contribution in [1.29, 1.82) is 0 Å². The number of Topliss-reactive ketones (excluding diaryl/α,β-unsaturated/α-hetero) is 1. The van der Waals surface area contributed by atoms with E-state index in [1.54, 1.807) is 43.5 Å². The van der Waals surface area contributed by atoms with E-state index in [4.69, 9.17) is 16.3 Å². The molecular formula is C21H18ClN3O3S. The molecule has 29 heavy (non-hydrogen) atoms. The summed E-state index contributed by atoms with van der Waals surface area (Å²) in [4.78, 5) is 24.9. The highest BCUT2D eigenvalue weighted by Gasteiger charge is 2.09. The van der Waals surface area contributed by atoms with Crippen LogP contribution in [0.5, 0.6) is 5.75 Å². The second-order valence-corrected chi connectivity index (χ2v) is 7.48. The predicted molar refractivity (Wildman–Crippen MR) is 114 cm³/mol. The van der Waals surface area contributed by atoms with E-state index in [1.807, 2.05) is 18.2 Å². The van der Waals surface area contributed by atoms with Crippen LogP contribution in [0.15, 0.2) is 54.7 Å². The van der Waals surface area contributed by atoms with Crippen molar-refractivity contribution in [2.75, 3.05) is 13.2 Å². The summed E-state index contributed by atoms with van der Waals surface area (Å²) in [6.45, 7) is 2.15. The van der Waals surface area contributed by atoms with Gasteiger partial charge in [0, 0.05) is 17.2 Å². The maximum Gasteiger partial charge on any atom is 0.244 e. The molecule has 1 aromatic carbocycles. The smallest absolute Gasteiger partial charge is 0.244 e. The van der Waals surface area contributed by atoms with Crippen molar-refractivity contribution in [2.24, 2.45) is 0 Å². The zero-order chi connectivity index (χ0) is 20.6. The van der Waals surface area contributed by atoms with Crippen molar-refractivity contribution in [3.8, 4) is 16.2 Å². The van der Waals surface area contributed by atoms with Crippen LogP contribution in [0.4, 0.5) is 0 Å². The topological polar surface area (TPSA) is 81.2 Å². The van der Waals surface area contributed by atoms with Crippen LogP contribution in [0, 0.1) is 0 Å². The Morgan fingerprint density at radius 3 is 2.79 bits per heavy atom. The van der Waals surface area contributed by atoms with Crippen molar-refractivity contribution in [1.82, 2.24) is 15.5 Å². The largest absolute Gasteiger partial charge is 0.490 e. The summed E-state index contributed by atoms with van der Waals surface area (Å²) in [5.41, 5.74) is 1.52. The maximum absolute atomic E-state index is 11.8. The number of carbonyl (C=O) groups excluding carboxylic acids is 2. The molecule has 0 spiro atoms. The van der Waals surface area contributed by atoms with Gasteiger partial charge in [0.2, 0.25) is 5.91 Å². The molecule has 1 N–H and O–H groups in total. The molecule has 0 fully saturated rings. The van der Waals surface area contributed by atoms with E-state index in [-0.39, 0.29) is 18.3 Å². The predicted octanol–water partition coefficient (Wildman–Crippen LogP) is 4.27. The molecule has 0 bridgehead atoms. The monoisotopic (exact) mass is 427 g/mol.